The highest BCUT2D eigenvalue weighted by molar-refractivity contribution is 5.90. The number of carbonyl (C=O) groups excluding carboxylic acids is 3. The van der Waals surface area contributed by atoms with Gasteiger partial charge in [0.2, 0.25) is 5.91 Å². The number of carbonyl (C=O) groups is 3. The van der Waals surface area contributed by atoms with Gasteiger partial charge in [0, 0.05) is 44.7 Å². The van der Waals surface area contributed by atoms with E-state index in [1.54, 1.807) is 11.9 Å². The number of allylic oxidation sites excluding steroid dienone is 1. The van der Waals surface area contributed by atoms with Gasteiger partial charge in [-0.2, -0.15) is 5.10 Å². The van der Waals surface area contributed by atoms with Gasteiger partial charge in [-0.1, -0.05) is 39.3 Å². The Morgan fingerprint density at radius 3 is 2.53 bits per heavy atom. The number of rotatable bonds is 5. The van der Waals surface area contributed by atoms with Crippen molar-refractivity contribution >= 4 is 23.6 Å². The zero-order valence-electron chi connectivity index (χ0n) is 27.5. The number of hydrazone groups is 1. The van der Waals surface area contributed by atoms with Crippen LogP contribution in [-0.2, 0) is 28.6 Å². The van der Waals surface area contributed by atoms with Gasteiger partial charge in [-0.25, -0.2) is 5.01 Å². The van der Waals surface area contributed by atoms with Gasteiger partial charge in [-0.05, 0) is 92.3 Å². The molecule has 43 heavy (non-hydrogen) atoms. The minimum atomic E-state index is -0.790. The molecule has 3 saturated carbocycles. The monoisotopic (exact) mass is 596 g/mol. The van der Waals surface area contributed by atoms with Crippen LogP contribution in [0.15, 0.2) is 16.8 Å². The summed E-state index contributed by atoms with van der Waals surface area (Å²) in [5, 5.41) is 6.51. The van der Waals surface area contributed by atoms with E-state index >= 15 is 0 Å². The smallest absolute Gasteiger partial charge is 0.302 e. The fourth-order valence-corrected chi connectivity index (χ4v) is 11.4. The Morgan fingerprint density at radius 1 is 1.12 bits per heavy atom. The van der Waals surface area contributed by atoms with Gasteiger partial charge in [-0.15, -0.1) is 0 Å². The third-order valence-corrected chi connectivity index (χ3v) is 13.1. The predicted molar refractivity (Wildman–Crippen MR) is 162 cm³/mol. The van der Waals surface area contributed by atoms with Gasteiger partial charge in [0.05, 0.1) is 12.7 Å². The first-order valence-electron chi connectivity index (χ1n) is 16.8. The van der Waals surface area contributed by atoms with Crippen molar-refractivity contribution in [2.75, 3.05) is 6.61 Å². The van der Waals surface area contributed by atoms with Crippen molar-refractivity contribution in [3.8, 4) is 0 Å². The molecule has 1 amide bonds. The van der Waals surface area contributed by atoms with Crippen LogP contribution in [0.4, 0.5) is 0 Å². The lowest BCUT2D eigenvalue weighted by molar-refractivity contribution is -0.191. The molecule has 8 nitrogen and oxygen atoms in total. The molecule has 238 valence electrons. The van der Waals surface area contributed by atoms with Gasteiger partial charge in [0.15, 0.2) is 5.72 Å². The van der Waals surface area contributed by atoms with E-state index in [0.29, 0.717) is 30.3 Å². The molecule has 3 unspecified atom stereocenters. The van der Waals surface area contributed by atoms with Gasteiger partial charge in [0.1, 0.15) is 6.10 Å². The molecule has 6 aliphatic rings. The molecular weight excluding hydrogens is 544 g/mol. The Bertz CT molecular complexity index is 1240. The fourth-order valence-electron chi connectivity index (χ4n) is 11.4. The maximum absolute atomic E-state index is 13.1. The quantitative estimate of drug-likeness (QED) is 0.274. The number of nitrogens with zero attached hydrogens (tertiary/aromatic N) is 2. The van der Waals surface area contributed by atoms with E-state index in [-0.39, 0.29) is 58.6 Å². The van der Waals surface area contributed by atoms with E-state index in [1.165, 1.54) is 32.3 Å². The number of fused-ring (bicyclic) bond motifs is 7. The number of hydrogen-bond donors (Lipinski definition) is 0. The van der Waals surface area contributed by atoms with Crippen LogP contribution in [0.25, 0.3) is 0 Å². The van der Waals surface area contributed by atoms with Crippen molar-refractivity contribution in [2.24, 2.45) is 57.4 Å². The lowest BCUT2D eigenvalue weighted by atomic mass is 9.46. The van der Waals surface area contributed by atoms with Crippen molar-refractivity contribution in [2.45, 2.75) is 125 Å². The molecule has 0 bridgehead atoms. The molecular formula is C35H52N2O6. The maximum atomic E-state index is 13.1. The Labute approximate surface area is 257 Å². The summed E-state index contributed by atoms with van der Waals surface area (Å²) >= 11 is 0. The van der Waals surface area contributed by atoms with Crippen LogP contribution in [0.5, 0.6) is 0 Å². The molecule has 0 aromatic carbocycles. The lowest BCUT2D eigenvalue weighted by Gasteiger charge is -2.58. The van der Waals surface area contributed by atoms with Gasteiger partial charge < -0.3 is 14.2 Å². The van der Waals surface area contributed by atoms with Crippen LogP contribution >= 0.6 is 0 Å². The molecule has 0 N–H and O–H groups in total. The fraction of sp³-hybridized carbons (Fsp3) is 0.829. The summed E-state index contributed by atoms with van der Waals surface area (Å²) in [6.45, 7) is 16.4. The molecule has 4 fully saturated rings. The second kappa shape index (κ2) is 10.7. The van der Waals surface area contributed by atoms with Crippen LogP contribution in [0.1, 0.15) is 107 Å². The molecule has 0 radical (unpaired) electrons. The standard InChI is InChI=1S/C35H52N2O6/c1-19(18-41-23(5)39)15-29-21(3)36-37(22(4)38)35(29)20(2)32-31(43-35)17-30-27-10-9-25-16-26(42-24(6)40)11-13-33(25,7)28(27)12-14-34(30,32)8/h9,19-20,26-32H,10-18H2,1-8H3/t19-,20+,26+,27-,28+,29?,30+,31+,32?,33+,34+,35?/m1/s1. The number of ether oxygens (including phenoxy) is 3. The summed E-state index contributed by atoms with van der Waals surface area (Å²) in [7, 11) is 0. The Hall–Kier alpha value is -2.22. The predicted octanol–water partition coefficient (Wildman–Crippen LogP) is 6.28. The molecule has 0 aromatic rings. The van der Waals surface area contributed by atoms with E-state index in [4.69, 9.17) is 19.3 Å². The SMILES string of the molecule is CC(=O)OC[C@H](C)CC1C(C)=NN(C(C)=O)C12O[C@H]1C[C@H]3[C@@H]4CC=C5C[C@@H](OC(C)=O)CC[C@]5(C)[C@H]4CC[C@]3(C)C1[C@@H]2C. The normalized spacial score (nSPS) is 45.3. The van der Waals surface area contributed by atoms with Crippen molar-refractivity contribution in [1.29, 1.82) is 0 Å². The molecule has 2 aliphatic heterocycles. The van der Waals surface area contributed by atoms with Crippen LogP contribution < -0.4 is 0 Å². The average molecular weight is 597 g/mol. The highest BCUT2D eigenvalue weighted by Gasteiger charge is 2.72. The highest BCUT2D eigenvalue weighted by Crippen LogP contribution is 2.71. The lowest BCUT2D eigenvalue weighted by Crippen LogP contribution is -2.57. The molecule has 8 heteroatoms. The number of amides is 1. The third kappa shape index (κ3) is 4.63. The van der Waals surface area contributed by atoms with Crippen molar-refractivity contribution in [1.82, 2.24) is 5.01 Å². The largest absolute Gasteiger partial charge is 0.466 e. The molecule has 6 rings (SSSR count). The van der Waals surface area contributed by atoms with Gasteiger partial charge in [-0.3, -0.25) is 14.4 Å². The topological polar surface area (TPSA) is 94.5 Å². The van der Waals surface area contributed by atoms with Crippen molar-refractivity contribution in [3.63, 3.8) is 0 Å². The molecule has 4 aliphatic carbocycles. The zero-order chi connectivity index (χ0) is 31.1. The molecule has 12 atom stereocenters. The van der Waals surface area contributed by atoms with Crippen molar-refractivity contribution in [3.05, 3.63) is 11.6 Å². The first kappa shape index (κ1) is 30.8. The summed E-state index contributed by atoms with van der Waals surface area (Å²) in [6.07, 6.45) is 10.8. The molecule has 1 saturated heterocycles. The summed E-state index contributed by atoms with van der Waals surface area (Å²) < 4.78 is 18.3. The first-order valence-corrected chi connectivity index (χ1v) is 16.8. The minimum Gasteiger partial charge on any atom is -0.466 e. The highest BCUT2D eigenvalue weighted by atomic mass is 16.5. The van der Waals surface area contributed by atoms with Crippen molar-refractivity contribution < 1.29 is 28.6 Å². The third-order valence-electron chi connectivity index (χ3n) is 13.1. The van der Waals surface area contributed by atoms with Crippen LogP contribution in [0, 0.1) is 52.3 Å². The number of hydrogen-bond acceptors (Lipinski definition) is 7. The summed E-state index contributed by atoms with van der Waals surface area (Å²) in [5.41, 5.74) is 1.97. The number of esters is 2. The first-order chi connectivity index (χ1) is 20.2. The summed E-state index contributed by atoms with van der Waals surface area (Å²) in [4.78, 5) is 36.3. The Balaban J connectivity index is 1.26. The van der Waals surface area contributed by atoms with E-state index in [9.17, 15) is 14.4 Å². The van der Waals surface area contributed by atoms with Crippen LogP contribution in [-0.4, -0.2) is 53.1 Å². The van der Waals surface area contributed by atoms with Gasteiger partial charge >= 0.3 is 11.9 Å². The summed E-state index contributed by atoms with van der Waals surface area (Å²) in [6, 6.07) is 0. The van der Waals surface area contributed by atoms with Crippen LogP contribution in [0.3, 0.4) is 0 Å². The maximum Gasteiger partial charge on any atom is 0.302 e. The summed E-state index contributed by atoms with van der Waals surface area (Å²) in [5.74, 6) is 1.90. The second-order valence-electron chi connectivity index (χ2n) is 15.5. The van der Waals surface area contributed by atoms with Crippen LogP contribution in [0.2, 0.25) is 0 Å². The second-order valence-corrected chi connectivity index (χ2v) is 15.5. The molecule has 0 aromatic heterocycles. The molecule has 2 heterocycles. The van der Waals surface area contributed by atoms with E-state index in [1.807, 2.05) is 6.92 Å². The van der Waals surface area contributed by atoms with E-state index in [0.717, 1.165) is 44.2 Å². The minimum absolute atomic E-state index is 0.0181. The molecule has 1 spiro atoms. The Kier molecular flexibility index (Phi) is 7.66. The zero-order valence-corrected chi connectivity index (χ0v) is 27.5. The Morgan fingerprint density at radius 2 is 1.86 bits per heavy atom. The van der Waals surface area contributed by atoms with E-state index in [2.05, 4.69) is 33.8 Å². The average Bonchev–Trinajstić information content (AvgIpc) is 3.50. The van der Waals surface area contributed by atoms with E-state index < -0.39 is 5.72 Å². The van der Waals surface area contributed by atoms with Gasteiger partial charge in [0.25, 0.3) is 0 Å².